The summed E-state index contributed by atoms with van der Waals surface area (Å²) in [5.74, 6) is -0.800. The molecule has 0 amide bonds. The third kappa shape index (κ3) is 3.28. The zero-order chi connectivity index (χ0) is 14.0. The van der Waals surface area contributed by atoms with Crippen LogP contribution < -0.4 is 5.73 Å². The molecule has 0 aliphatic rings. The Labute approximate surface area is 115 Å². The average molecular weight is 283 g/mol. The molecule has 0 saturated heterocycles. The predicted molar refractivity (Wildman–Crippen MR) is 70.8 cm³/mol. The van der Waals surface area contributed by atoms with E-state index in [-0.39, 0.29) is 5.82 Å². The highest BCUT2D eigenvalue weighted by atomic mass is 35.5. The molecule has 5 heteroatoms. The van der Waals surface area contributed by atoms with Gasteiger partial charge in [0, 0.05) is 5.02 Å². The number of halogens is 3. The van der Waals surface area contributed by atoms with Crippen molar-refractivity contribution >= 4 is 11.6 Å². The van der Waals surface area contributed by atoms with Gasteiger partial charge in [-0.3, -0.25) is 4.98 Å². The molecule has 1 heterocycles. The molecule has 0 aliphatic carbocycles. The van der Waals surface area contributed by atoms with Gasteiger partial charge in [0.25, 0.3) is 0 Å². The van der Waals surface area contributed by atoms with Gasteiger partial charge in [0.05, 0.1) is 17.4 Å². The Bertz CT molecular complexity index is 582. The van der Waals surface area contributed by atoms with E-state index in [1.165, 1.54) is 30.3 Å². The van der Waals surface area contributed by atoms with Crippen LogP contribution in [-0.2, 0) is 12.0 Å². The van der Waals surface area contributed by atoms with Gasteiger partial charge in [-0.05, 0) is 49.2 Å². The van der Waals surface area contributed by atoms with Gasteiger partial charge in [-0.25, -0.2) is 8.78 Å². The van der Waals surface area contributed by atoms with E-state index in [0.29, 0.717) is 22.7 Å². The van der Waals surface area contributed by atoms with Gasteiger partial charge in [0.15, 0.2) is 0 Å². The minimum atomic E-state index is -0.856. The van der Waals surface area contributed by atoms with Gasteiger partial charge in [0.2, 0.25) is 0 Å². The summed E-state index contributed by atoms with van der Waals surface area (Å²) in [6.07, 6.45) is 1.41. The van der Waals surface area contributed by atoms with E-state index in [4.69, 9.17) is 17.3 Å². The van der Waals surface area contributed by atoms with Gasteiger partial charge in [-0.1, -0.05) is 11.6 Å². The topological polar surface area (TPSA) is 38.9 Å². The fourth-order valence-electron chi connectivity index (χ4n) is 1.88. The maximum absolute atomic E-state index is 13.2. The lowest BCUT2D eigenvalue weighted by molar-refractivity contribution is 0.471. The zero-order valence-electron chi connectivity index (χ0n) is 10.3. The lowest BCUT2D eigenvalue weighted by atomic mass is 9.90. The van der Waals surface area contributed by atoms with Crippen LogP contribution in [0.5, 0.6) is 0 Å². The van der Waals surface area contributed by atoms with E-state index < -0.39 is 11.4 Å². The molecule has 1 unspecified atom stereocenters. The Morgan fingerprint density at radius 2 is 1.89 bits per heavy atom. The van der Waals surface area contributed by atoms with Gasteiger partial charge in [0.1, 0.15) is 11.6 Å². The normalized spacial score (nSPS) is 14.2. The van der Waals surface area contributed by atoms with E-state index in [1.54, 1.807) is 6.92 Å². The molecule has 2 nitrogen and oxygen atoms in total. The van der Waals surface area contributed by atoms with E-state index in [2.05, 4.69) is 4.98 Å². The highest BCUT2D eigenvalue weighted by molar-refractivity contribution is 6.31. The molecule has 2 aromatic rings. The molecule has 2 rings (SSSR count). The second-order valence-electron chi connectivity index (χ2n) is 4.69. The van der Waals surface area contributed by atoms with Crippen molar-refractivity contribution in [3.63, 3.8) is 0 Å². The summed E-state index contributed by atoms with van der Waals surface area (Å²) in [4.78, 5) is 3.96. The van der Waals surface area contributed by atoms with Crippen molar-refractivity contribution in [2.75, 3.05) is 0 Å². The summed E-state index contributed by atoms with van der Waals surface area (Å²) in [6.45, 7) is 1.74. The molecule has 0 aliphatic heterocycles. The van der Waals surface area contributed by atoms with Crippen molar-refractivity contribution in [2.45, 2.75) is 18.9 Å². The number of nitrogens with two attached hydrogens (primary N) is 1. The Morgan fingerprint density at radius 3 is 2.53 bits per heavy atom. The largest absolute Gasteiger partial charge is 0.320 e. The lowest BCUT2D eigenvalue weighted by Gasteiger charge is -2.24. The molecule has 1 aromatic heterocycles. The van der Waals surface area contributed by atoms with Gasteiger partial charge < -0.3 is 5.73 Å². The molecule has 0 saturated carbocycles. The number of benzene rings is 1. The molecule has 100 valence electrons. The molecule has 0 radical (unpaired) electrons. The standard InChI is InChI=1S/C14H13ClF2N2/c1-14(18,13-5-3-11(17)8-19-13)7-9-6-10(16)2-4-12(9)15/h2-6,8H,7,18H2,1H3. The fourth-order valence-corrected chi connectivity index (χ4v) is 2.06. The maximum Gasteiger partial charge on any atom is 0.141 e. The van der Waals surface area contributed by atoms with Crippen molar-refractivity contribution in [3.05, 3.63) is 64.4 Å². The summed E-state index contributed by atoms with van der Waals surface area (Å²) in [5.41, 5.74) is 6.43. The third-order valence-electron chi connectivity index (χ3n) is 2.88. The van der Waals surface area contributed by atoms with E-state index in [1.807, 2.05) is 0 Å². The molecular formula is C14H13ClF2N2. The van der Waals surface area contributed by atoms with Gasteiger partial charge in [-0.15, -0.1) is 0 Å². The molecule has 2 N–H and O–H groups in total. The van der Waals surface area contributed by atoms with Gasteiger partial charge in [-0.2, -0.15) is 0 Å². The van der Waals surface area contributed by atoms with E-state index in [9.17, 15) is 8.78 Å². The summed E-state index contributed by atoms with van der Waals surface area (Å²) >= 11 is 6.01. The molecule has 1 aromatic carbocycles. The minimum absolute atomic E-state index is 0.308. The molecule has 19 heavy (non-hydrogen) atoms. The number of hydrogen-bond acceptors (Lipinski definition) is 2. The SMILES string of the molecule is CC(N)(Cc1cc(F)ccc1Cl)c1ccc(F)cn1. The molecular weight excluding hydrogens is 270 g/mol. The number of hydrogen-bond donors (Lipinski definition) is 1. The maximum atomic E-state index is 13.2. The minimum Gasteiger partial charge on any atom is -0.320 e. The highest BCUT2D eigenvalue weighted by Gasteiger charge is 2.24. The van der Waals surface area contributed by atoms with Crippen molar-refractivity contribution in [3.8, 4) is 0 Å². The molecule has 0 spiro atoms. The van der Waals surface area contributed by atoms with Crippen LogP contribution in [-0.4, -0.2) is 4.98 Å². The van der Waals surface area contributed by atoms with Crippen molar-refractivity contribution in [1.82, 2.24) is 4.98 Å². The Balaban J connectivity index is 2.30. The number of rotatable bonds is 3. The first-order valence-corrected chi connectivity index (χ1v) is 6.11. The Kier molecular flexibility index (Phi) is 3.83. The summed E-state index contributed by atoms with van der Waals surface area (Å²) in [5, 5.41) is 0.445. The van der Waals surface area contributed by atoms with Crippen molar-refractivity contribution in [1.29, 1.82) is 0 Å². The van der Waals surface area contributed by atoms with Crippen LogP contribution in [0, 0.1) is 11.6 Å². The molecule has 0 bridgehead atoms. The molecule has 1 atom stereocenters. The lowest BCUT2D eigenvalue weighted by Crippen LogP contribution is -2.36. The van der Waals surface area contributed by atoms with Crippen LogP contribution in [0.2, 0.25) is 5.02 Å². The van der Waals surface area contributed by atoms with Crippen LogP contribution in [0.1, 0.15) is 18.2 Å². The first-order valence-electron chi connectivity index (χ1n) is 5.73. The van der Waals surface area contributed by atoms with E-state index in [0.717, 1.165) is 6.20 Å². The second-order valence-corrected chi connectivity index (χ2v) is 5.10. The number of nitrogens with zero attached hydrogens (tertiary/aromatic N) is 1. The van der Waals surface area contributed by atoms with Crippen LogP contribution in [0.4, 0.5) is 8.78 Å². The smallest absolute Gasteiger partial charge is 0.141 e. The average Bonchev–Trinajstić information content (AvgIpc) is 2.34. The number of pyridine rings is 1. The monoisotopic (exact) mass is 282 g/mol. The third-order valence-corrected chi connectivity index (χ3v) is 3.25. The Morgan fingerprint density at radius 1 is 1.21 bits per heavy atom. The second kappa shape index (κ2) is 5.23. The van der Waals surface area contributed by atoms with E-state index >= 15 is 0 Å². The summed E-state index contributed by atoms with van der Waals surface area (Å²) in [7, 11) is 0. The van der Waals surface area contributed by atoms with Crippen molar-refractivity contribution < 1.29 is 8.78 Å². The van der Waals surface area contributed by atoms with Crippen LogP contribution in [0.25, 0.3) is 0 Å². The first-order chi connectivity index (χ1) is 8.88. The fraction of sp³-hybridized carbons (Fsp3) is 0.214. The van der Waals surface area contributed by atoms with Crippen LogP contribution >= 0.6 is 11.6 Å². The van der Waals surface area contributed by atoms with Gasteiger partial charge >= 0.3 is 0 Å². The molecule has 0 fully saturated rings. The van der Waals surface area contributed by atoms with Crippen LogP contribution in [0.15, 0.2) is 36.5 Å². The zero-order valence-corrected chi connectivity index (χ0v) is 11.1. The first kappa shape index (κ1) is 13.9. The predicted octanol–water partition coefficient (Wildman–Crippen LogP) is 3.43. The van der Waals surface area contributed by atoms with Crippen LogP contribution in [0.3, 0.4) is 0 Å². The number of aromatic nitrogens is 1. The summed E-state index contributed by atoms with van der Waals surface area (Å²) < 4.78 is 26.1. The van der Waals surface area contributed by atoms with Crippen molar-refractivity contribution in [2.24, 2.45) is 5.73 Å². The highest BCUT2D eigenvalue weighted by Crippen LogP contribution is 2.26. The Hall–Kier alpha value is -1.52. The summed E-state index contributed by atoms with van der Waals surface area (Å²) in [6, 6.07) is 6.93. The quantitative estimate of drug-likeness (QED) is 0.937.